The minimum Gasteiger partial charge on any atom is -0.292 e. The van der Waals surface area contributed by atoms with Gasteiger partial charge in [-0.15, -0.1) is 0 Å². The van der Waals surface area contributed by atoms with Gasteiger partial charge in [-0.1, -0.05) is 205 Å². The van der Waals surface area contributed by atoms with Crippen LogP contribution in [0.3, 0.4) is 0 Å². The number of aromatic nitrogens is 8. The molecule has 10 heteroatoms. The molecule has 0 fully saturated rings. The Morgan fingerprint density at radius 3 is 0.936 bits per heavy atom. The molecule has 0 bridgehead atoms. The number of imidazole rings is 2. The maximum Gasteiger partial charge on any atom is 0.148 e. The van der Waals surface area contributed by atoms with Crippen molar-refractivity contribution in [2.75, 3.05) is 0 Å². The van der Waals surface area contributed by atoms with Gasteiger partial charge in [-0.25, -0.2) is 9.97 Å². The van der Waals surface area contributed by atoms with Crippen molar-refractivity contribution in [2.45, 2.75) is 13.8 Å². The normalized spacial score (nSPS) is 11.7. The van der Waals surface area contributed by atoms with Crippen molar-refractivity contribution in [2.24, 2.45) is 0 Å². The van der Waals surface area contributed by atoms with Crippen LogP contribution in [-0.2, 0) is 0 Å². The zero-order valence-electron chi connectivity index (χ0n) is 42.3. The first-order valence-electron chi connectivity index (χ1n) is 26.0. The van der Waals surface area contributed by atoms with Crippen molar-refractivity contribution >= 4 is 111 Å². The van der Waals surface area contributed by atoms with Gasteiger partial charge in [-0.05, 0) is 82.9 Å². The van der Waals surface area contributed by atoms with Crippen LogP contribution in [0, 0.1) is 13.8 Å². The Hall–Kier alpha value is -9.74. The quantitative estimate of drug-likeness (QED) is 0.154. The summed E-state index contributed by atoms with van der Waals surface area (Å²) in [5, 5.41) is 9.51. The zero-order chi connectivity index (χ0) is 51.8. The van der Waals surface area contributed by atoms with E-state index < -0.39 is 0 Å². The van der Waals surface area contributed by atoms with Crippen molar-refractivity contribution in [1.29, 1.82) is 0 Å². The van der Waals surface area contributed by atoms with Gasteiger partial charge >= 0.3 is 0 Å². The summed E-state index contributed by atoms with van der Waals surface area (Å²) in [5.74, 6) is 1.73. The highest BCUT2D eigenvalue weighted by molar-refractivity contribution is 7.00. The summed E-state index contributed by atoms with van der Waals surface area (Å²) in [6.45, 7) is 4.21. The van der Waals surface area contributed by atoms with E-state index in [1.54, 1.807) is 0 Å². The SMILES string of the molecule is Cc1ccc(-c2ccc(-c3nc4c5ccccc5c5ccccc5c4n3-c3ccccc3)c3nsnc23)cc1.Cc1ccc(-c2ccc(-c3nc4c5ccccc5c5ccccc5c4n3-c3ccccc3)c3nsnc23)cc1. The van der Waals surface area contributed by atoms with Gasteiger partial charge in [-0.3, -0.25) is 9.13 Å². The molecule has 4 aromatic heterocycles. The number of benzene rings is 12. The Morgan fingerprint density at radius 1 is 0.269 bits per heavy atom. The fourth-order valence-electron chi connectivity index (χ4n) is 11.5. The molecule has 0 aliphatic carbocycles. The topological polar surface area (TPSA) is 87.2 Å². The summed E-state index contributed by atoms with van der Waals surface area (Å²) in [4.78, 5) is 10.8. The highest BCUT2D eigenvalue weighted by Crippen LogP contribution is 2.44. The molecule has 16 aromatic rings. The highest BCUT2D eigenvalue weighted by Gasteiger charge is 2.25. The maximum atomic E-state index is 5.38. The molecule has 12 aromatic carbocycles. The molecule has 368 valence electrons. The lowest BCUT2D eigenvalue weighted by molar-refractivity contribution is 1.11. The molecule has 0 N–H and O–H groups in total. The van der Waals surface area contributed by atoms with Crippen LogP contribution in [0.2, 0.25) is 0 Å². The van der Waals surface area contributed by atoms with Crippen molar-refractivity contribution < 1.29 is 0 Å². The second-order valence-electron chi connectivity index (χ2n) is 19.8. The molecule has 0 radical (unpaired) electrons. The second kappa shape index (κ2) is 18.5. The third-order valence-electron chi connectivity index (χ3n) is 15.1. The molecule has 0 saturated heterocycles. The Bertz CT molecular complexity index is 4660. The summed E-state index contributed by atoms with van der Waals surface area (Å²) >= 11 is 2.50. The summed E-state index contributed by atoms with van der Waals surface area (Å²) in [6, 6.07) is 81.2. The number of fused-ring (bicyclic) bond motifs is 14. The summed E-state index contributed by atoms with van der Waals surface area (Å²) < 4.78 is 23.7. The first-order valence-corrected chi connectivity index (χ1v) is 27.4. The Labute approximate surface area is 456 Å². The van der Waals surface area contributed by atoms with Crippen LogP contribution in [0.4, 0.5) is 0 Å². The molecule has 0 unspecified atom stereocenters. The number of aryl methyl sites for hydroxylation is 2. The lowest BCUT2D eigenvalue weighted by Crippen LogP contribution is -1.99. The Kier molecular flexibility index (Phi) is 10.8. The number of nitrogens with zero attached hydrogens (tertiary/aromatic N) is 8. The number of rotatable bonds is 6. The lowest BCUT2D eigenvalue weighted by atomic mass is 10.00. The van der Waals surface area contributed by atoms with E-state index in [4.69, 9.17) is 27.5 Å². The fraction of sp³-hybridized carbons (Fsp3) is 0.0294. The third kappa shape index (κ3) is 7.33. The van der Waals surface area contributed by atoms with Gasteiger partial charge in [0.1, 0.15) is 33.7 Å². The van der Waals surface area contributed by atoms with Crippen molar-refractivity contribution in [3.63, 3.8) is 0 Å². The van der Waals surface area contributed by atoms with Crippen LogP contribution in [0.1, 0.15) is 11.1 Å². The minimum absolute atomic E-state index is 0.867. The largest absolute Gasteiger partial charge is 0.292 e. The lowest BCUT2D eigenvalue weighted by Gasteiger charge is -2.13. The molecule has 0 spiro atoms. The van der Waals surface area contributed by atoms with E-state index in [1.807, 2.05) is 0 Å². The number of hydrogen-bond acceptors (Lipinski definition) is 8. The monoisotopic (exact) mass is 1040 g/mol. The Balaban J connectivity index is 0.000000136. The van der Waals surface area contributed by atoms with E-state index in [-0.39, 0.29) is 0 Å². The summed E-state index contributed by atoms with van der Waals surface area (Å²) in [6.07, 6.45) is 0. The van der Waals surface area contributed by atoms with Gasteiger partial charge in [0.15, 0.2) is 0 Å². The van der Waals surface area contributed by atoms with Crippen LogP contribution in [0.25, 0.3) is 144 Å². The number of para-hydroxylation sites is 2. The third-order valence-corrected chi connectivity index (χ3v) is 16.2. The van der Waals surface area contributed by atoms with E-state index in [2.05, 4.69) is 254 Å². The van der Waals surface area contributed by atoms with Gasteiger partial charge in [0.05, 0.1) is 45.5 Å². The van der Waals surface area contributed by atoms with Gasteiger partial charge in [0, 0.05) is 55.2 Å². The van der Waals surface area contributed by atoms with Gasteiger partial charge < -0.3 is 0 Å². The fourth-order valence-corrected chi connectivity index (χ4v) is 12.6. The van der Waals surface area contributed by atoms with Crippen molar-refractivity contribution in [3.05, 3.63) is 242 Å². The molecule has 78 heavy (non-hydrogen) atoms. The molecule has 0 amide bonds. The van der Waals surface area contributed by atoms with Crippen LogP contribution in [0.5, 0.6) is 0 Å². The molecule has 0 saturated carbocycles. The minimum atomic E-state index is 0.867. The van der Waals surface area contributed by atoms with E-state index in [0.717, 1.165) is 111 Å². The smallest absolute Gasteiger partial charge is 0.148 e. The van der Waals surface area contributed by atoms with E-state index in [0.29, 0.717) is 0 Å². The first kappa shape index (κ1) is 45.6. The van der Waals surface area contributed by atoms with Gasteiger partial charge in [0.25, 0.3) is 0 Å². The Morgan fingerprint density at radius 2 is 0.564 bits per heavy atom. The number of hydrogen-bond donors (Lipinski definition) is 0. The van der Waals surface area contributed by atoms with E-state index in [9.17, 15) is 0 Å². The molecule has 0 atom stereocenters. The predicted molar refractivity (Wildman–Crippen MR) is 325 cm³/mol. The van der Waals surface area contributed by atoms with Crippen LogP contribution < -0.4 is 0 Å². The molecule has 4 heterocycles. The van der Waals surface area contributed by atoms with Gasteiger partial charge in [0.2, 0.25) is 0 Å². The highest BCUT2D eigenvalue weighted by atomic mass is 32.1. The first-order chi connectivity index (χ1) is 38.6. The van der Waals surface area contributed by atoms with Crippen molar-refractivity contribution in [1.82, 2.24) is 36.6 Å². The van der Waals surface area contributed by atoms with Gasteiger partial charge in [-0.2, -0.15) is 17.5 Å². The molecule has 0 aliphatic rings. The van der Waals surface area contributed by atoms with Crippen LogP contribution >= 0.6 is 23.5 Å². The summed E-state index contributed by atoms with van der Waals surface area (Å²) in [7, 11) is 0. The molecule has 8 nitrogen and oxygen atoms in total. The van der Waals surface area contributed by atoms with Crippen molar-refractivity contribution in [3.8, 4) is 56.4 Å². The molecular formula is C68H44N8S2. The average molecular weight is 1040 g/mol. The van der Waals surface area contributed by atoms with Crippen LogP contribution in [0.15, 0.2) is 231 Å². The molecular weight excluding hydrogens is 993 g/mol. The van der Waals surface area contributed by atoms with E-state index in [1.165, 1.54) is 66.9 Å². The second-order valence-corrected chi connectivity index (χ2v) is 20.8. The maximum absolute atomic E-state index is 5.38. The predicted octanol–water partition coefficient (Wildman–Crippen LogP) is 18.0. The average Bonchev–Trinajstić information content (AvgIpc) is 4.48. The summed E-state index contributed by atoms with van der Waals surface area (Å²) in [5.41, 5.74) is 18.7. The zero-order valence-corrected chi connectivity index (χ0v) is 44.0. The molecule has 16 rings (SSSR count). The standard InChI is InChI=1S/2C34H22N4S/c2*1-21-15-17-22(18-16-21)24-19-20-29(31-30(24)36-39-37-31)34-35-32-27-13-7-5-11-25(27)26-12-6-8-14-28(26)33(32)38(34)23-9-3-2-4-10-23/h2*2-20H,1H3. The van der Waals surface area contributed by atoms with Crippen LogP contribution in [-0.4, -0.2) is 36.6 Å². The molecule has 0 aliphatic heterocycles. The van der Waals surface area contributed by atoms with E-state index >= 15 is 0 Å².